The van der Waals surface area contributed by atoms with Crippen LogP contribution in [0.2, 0.25) is 0 Å². The van der Waals surface area contributed by atoms with Crippen LogP contribution in [0.25, 0.3) is 10.8 Å². The normalized spacial score (nSPS) is 19.8. The lowest BCUT2D eigenvalue weighted by Crippen LogP contribution is -2.32. The Morgan fingerprint density at radius 2 is 1.93 bits per heavy atom. The molecule has 0 aliphatic heterocycles. The SMILES string of the molecule is CCS(=O)(=O)Oc1cc(NC2CCC(F)(F)CC2)nc(-c2nc(C3CC3)cs2)n1. The van der Waals surface area contributed by atoms with Crippen molar-refractivity contribution in [2.45, 2.75) is 63.3 Å². The Kier molecular flexibility index (Phi) is 5.45. The maximum absolute atomic E-state index is 13.4. The topological polar surface area (TPSA) is 94.1 Å². The molecule has 0 aromatic carbocycles. The monoisotopic (exact) mass is 444 g/mol. The molecule has 0 amide bonds. The van der Waals surface area contributed by atoms with Crippen LogP contribution in [0.4, 0.5) is 14.6 Å². The van der Waals surface area contributed by atoms with Gasteiger partial charge in [0.2, 0.25) is 11.8 Å². The molecule has 2 saturated carbocycles. The van der Waals surface area contributed by atoms with Gasteiger partial charge in [-0.25, -0.2) is 18.7 Å². The zero-order valence-corrected chi connectivity index (χ0v) is 17.5. The second-order valence-corrected chi connectivity index (χ2v) is 10.2. The van der Waals surface area contributed by atoms with Crippen molar-refractivity contribution in [3.8, 4) is 16.7 Å². The molecule has 2 aromatic heterocycles. The lowest BCUT2D eigenvalue weighted by Gasteiger charge is -2.29. The zero-order valence-electron chi connectivity index (χ0n) is 15.9. The summed E-state index contributed by atoms with van der Waals surface area (Å²) in [6.07, 6.45) is 2.46. The molecular formula is C18H22F2N4O3S2. The van der Waals surface area contributed by atoms with Gasteiger partial charge < -0.3 is 9.50 Å². The van der Waals surface area contributed by atoms with E-state index >= 15 is 0 Å². The van der Waals surface area contributed by atoms with Crippen molar-refractivity contribution in [3.63, 3.8) is 0 Å². The van der Waals surface area contributed by atoms with Crippen molar-refractivity contribution >= 4 is 27.3 Å². The van der Waals surface area contributed by atoms with Gasteiger partial charge in [-0.15, -0.1) is 11.3 Å². The van der Waals surface area contributed by atoms with E-state index in [-0.39, 0.29) is 36.3 Å². The van der Waals surface area contributed by atoms with Gasteiger partial charge in [0.1, 0.15) is 5.82 Å². The molecule has 1 N–H and O–H groups in total. The quantitative estimate of drug-likeness (QED) is 0.640. The van der Waals surface area contributed by atoms with Crippen LogP contribution in [0.3, 0.4) is 0 Å². The molecule has 2 fully saturated rings. The first kappa shape index (κ1) is 20.4. The number of rotatable bonds is 7. The van der Waals surface area contributed by atoms with Crippen LogP contribution >= 0.6 is 11.3 Å². The van der Waals surface area contributed by atoms with Gasteiger partial charge in [0.15, 0.2) is 10.8 Å². The lowest BCUT2D eigenvalue weighted by molar-refractivity contribution is -0.0361. The molecule has 0 atom stereocenters. The molecule has 0 unspecified atom stereocenters. The molecule has 2 aliphatic carbocycles. The fourth-order valence-corrected chi connectivity index (χ4v) is 4.47. The van der Waals surface area contributed by atoms with E-state index in [1.807, 2.05) is 5.38 Å². The average Bonchev–Trinajstić information content (AvgIpc) is 3.40. The van der Waals surface area contributed by atoms with Crippen molar-refractivity contribution in [2.24, 2.45) is 0 Å². The van der Waals surface area contributed by atoms with Crippen LogP contribution in [0.5, 0.6) is 5.88 Å². The molecule has 4 rings (SSSR count). The van der Waals surface area contributed by atoms with Gasteiger partial charge in [-0.1, -0.05) is 0 Å². The molecular weight excluding hydrogens is 422 g/mol. The number of hydrogen-bond donors (Lipinski definition) is 1. The van der Waals surface area contributed by atoms with Crippen molar-refractivity contribution in [2.75, 3.05) is 11.1 Å². The van der Waals surface area contributed by atoms with Crippen LogP contribution < -0.4 is 9.50 Å². The van der Waals surface area contributed by atoms with Crippen LogP contribution in [-0.4, -0.2) is 41.1 Å². The first-order valence-corrected chi connectivity index (χ1v) is 12.1. The number of aromatic nitrogens is 3. The van der Waals surface area contributed by atoms with Crippen LogP contribution in [0, 0.1) is 0 Å². The van der Waals surface area contributed by atoms with E-state index in [4.69, 9.17) is 4.18 Å². The van der Waals surface area contributed by atoms with E-state index in [1.54, 1.807) is 0 Å². The molecule has 2 heterocycles. The fraction of sp³-hybridized carbons (Fsp3) is 0.611. The number of nitrogens with zero attached hydrogens (tertiary/aromatic N) is 3. The van der Waals surface area contributed by atoms with Crippen LogP contribution in [-0.2, 0) is 10.1 Å². The van der Waals surface area contributed by atoms with Gasteiger partial charge in [-0.2, -0.15) is 13.4 Å². The van der Waals surface area contributed by atoms with Gasteiger partial charge in [-0.3, -0.25) is 0 Å². The third kappa shape index (κ3) is 5.19. The minimum atomic E-state index is -3.77. The average molecular weight is 445 g/mol. The predicted octanol–water partition coefficient (Wildman–Crippen LogP) is 4.20. The summed E-state index contributed by atoms with van der Waals surface area (Å²) in [4.78, 5) is 13.2. The summed E-state index contributed by atoms with van der Waals surface area (Å²) in [7, 11) is -3.77. The summed E-state index contributed by atoms with van der Waals surface area (Å²) in [5.41, 5.74) is 0.991. The third-order valence-corrected chi connectivity index (χ3v) is 7.03. The van der Waals surface area contributed by atoms with Gasteiger partial charge >= 0.3 is 10.1 Å². The largest absolute Gasteiger partial charge is 0.367 e. The number of halogens is 2. The maximum atomic E-state index is 13.4. The van der Waals surface area contributed by atoms with E-state index in [0.717, 1.165) is 18.5 Å². The summed E-state index contributed by atoms with van der Waals surface area (Å²) in [6, 6.07) is 1.21. The number of hydrogen-bond acceptors (Lipinski definition) is 8. The van der Waals surface area contributed by atoms with Gasteiger partial charge in [0.25, 0.3) is 0 Å². The van der Waals surface area contributed by atoms with E-state index in [9.17, 15) is 17.2 Å². The smallest absolute Gasteiger partial charge is 0.310 e. The molecule has 11 heteroatoms. The first-order chi connectivity index (χ1) is 13.7. The van der Waals surface area contributed by atoms with Crippen molar-refractivity contribution in [3.05, 3.63) is 17.1 Å². The predicted molar refractivity (Wildman–Crippen MR) is 106 cm³/mol. The Balaban J connectivity index is 1.60. The highest BCUT2D eigenvalue weighted by Gasteiger charge is 2.35. The van der Waals surface area contributed by atoms with Gasteiger partial charge in [0.05, 0.1) is 11.4 Å². The molecule has 158 valence electrons. The number of nitrogens with one attached hydrogen (secondary N) is 1. The Labute approximate surface area is 172 Å². The molecule has 0 bridgehead atoms. The number of thiazole rings is 1. The Bertz CT molecular complexity index is 983. The standard InChI is InChI=1S/C18H22F2N4O3S2/c1-2-29(25,26)27-15-9-14(21-12-5-7-18(19,20)8-6-12)23-16(24-15)17-22-13(10-28-17)11-3-4-11/h9-12H,2-8H2,1H3,(H,21,23,24). The lowest BCUT2D eigenvalue weighted by atomic mass is 9.92. The fourth-order valence-electron chi connectivity index (χ4n) is 3.18. The van der Waals surface area contributed by atoms with Crippen LogP contribution in [0.15, 0.2) is 11.4 Å². The third-order valence-electron chi connectivity index (χ3n) is 5.05. The maximum Gasteiger partial charge on any atom is 0.310 e. The molecule has 0 saturated heterocycles. The first-order valence-electron chi connectivity index (χ1n) is 9.64. The molecule has 0 radical (unpaired) electrons. The molecule has 29 heavy (non-hydrogen) atoms. The van der Waals surface area contributed by atoms with Crippen molar-refractivity contribution in [1.29, 1.82) is 0 Å². The Morgan fingerprint density at radius 3 is 2.59 bits per heavy atom. The summed E-state index contributed by atoms with van der Waals surface area (Å²) < 4.78 is 55.7. The Hall–Kier alpha value is -1.88. The molecule has 0 spiro atoms. The summed E-state index contributed by atoms with van der Waals surface area (Å²) >= 11 is 1.39. The van der Waals surface area contributed by atoms with E-state index in [2.05, 4.69) is 20.3 Å². The van der Waals surface area contributed by atoms with Crippen molar-refractivity contribution < 1.29 is 21.4 Å². The summed E-state index contributed by atoms with van der Waals surface area (Å²) in [6.45, 7) is 1.47. The highest BCUT2D eigenvalue weighted by atomic mass is 32.2. The molecule has 7 nitrogen and oxygen atoms in total. The zero-order chi connectivity index (χ0) is 20.6. The minimum Gasteiger partial charge on any atom is -0.367 e. The molecule has 2 aliphatic rings. The van der Waals surface area contributed by atoms with E-state index in [0.29, 0.717) is 29.6 Å². The van der Waals surface area contributed by atoms with E-state index in [1.165, 1.54) is 24.3 Å². The van der Waals surface area contributed by atoms with Crippen LogP contribution in [0.1, 0.15) is 57.1 Å². The van der Waals surface area contributed by atoms with Crippen molar-refractivity contribution in [1.82, 2.24) is 15.0 Å². The number of anilines is 1. The van der Waals surface area contributed by atoms with E-state index < -0.39 is 16.0 Å². The van der Waals surface area contributed by atoms with Gasteiger partial charge in [-0.05, 0) is 32.6 Å². The second kappa shape index (κ2) is 7.75. The number of alkyl halides is 2. The summed E-state index contributed by atoms with van der Waals surface area (Å²) in [5, 5.41) is 5.67. The molecule has 2 aromatic rings. The van der Waals surface area contributed by atoms with Gasteiger partial charge in [0, 0.05) is 36.2 Å². The highest BCUT2D eigenvalue weighted by molar-refractivity contribution is 7.87. The highest BCUT2D eigenvalue weighted by Crippen LogP contribution is 2.41. The Morgan fingerprint density at radius 1 is 1.21 bits per heavy atom. The minimum absolute atomic E-state index is 0.108. The second-order valence-electron chi connectivity index (χ2n) is 7.47. The summed E-state index contributed by atoms with van der Waals surface area (Å²) in [5.74, 6) is -1.86.